The van der Waals surface area contributed by atoms with Crippen LogP contribution in [0.3, 0.4) is 0 Å². The van der Waals surface area contributed by atoms with Crippen molar-refractivity contribution in [1.29, 1.82) is 0 Å². The standard InChI is InChI=1S/C18H24N2S/c1-14-4-7-16(8-5-14)18(17-9-6-15(2)21-17)20-12-3-10-19-11-13-20/h4-9,18-19H,3,10-13H2,1-2H3. The van der Waals surface area contributed by atoms with Crippen molar-refractivity contribution in [2.45, 2.75) is 26.3 Å². The molecule has 1 saturated heterocycles. The molecular formula is C18H24N2S. The molecule has 2 nitrogen and oxygen atoms in total. The van der Waals surface area contributed by atoms with E-state index >= 15 is 0 Å². The number of rotatable bonds is 3. The summed E-state index contributed by atoms with van der Waals surface area (Å²) < 4.78 is 0. The fraction of sp³-hybridized carbons (Fsp3) is 0.444. The Morgan fingerprint density at radius 2 is 1.81 bits per heavy atom. The lowest BCUT2D eigenvalue weighted by Crippen LogP contribution is -2.32. The Balaban J connectivity index is 1.95. The molecule has 1 atom stereocenters. The zero-order valence-corrected chi connectivity index (χ0v) is 13.7. The van der Waals surface area contributed by atoms with E-state index in [1.165, 1.54) is 33.8 Å². The van der Waals surface area contributed by atoms with Crippen LogP contribution in [-0.2, 0) is 0 Å². The van der Waals surface area contributed by atoms with Crippen LogP contribution < -0.4 is 5.32 Å². The fourth-order valence-electron chi connectivity index (χ4n) is 3.03. The maximum Gasteiger partial charge on any atom is 0.0696 e. The van der Waals surface area contributed by atoms with Gasteiger partial charge in [0.25, 0.3) is 0 Å². The highest BCUT2D eigenvalue weighted by Crippen LogP contribution is 2.33. The first-order valence-electron chi connectivity index (χ1n) is 7.82. The second-order valence-electron chi connectivity index (χ2n) is 5.90. The molecule has 2 aromatic rings. The van der Waals surface area contributed by atoms with Crippen LogP contribution >= 0.6 is 11.3 Å². The molecule has 0 saturated carbocycles. The highest BCUT2D eigenvalue weighted by atomic mass is 32.1. The first-order chi connectivity index (χ1) is 10.2. The van der Waals surface area contributed by atoms with Gasteiger partial charge in [-0.3, -0.25) is 4.90 Å². The van der Waals surface area contributed by atoms with Crippen molar-refractivity contribution in [3.8, 4) is 0 Å². The predicted octanol–water partition coefficient (Wildman–Crippen LogP) is 3.75. The van der Waals surface area contributed by atoms with E-state index in [-0.39, 0.29) is 0 Å². The van der Waals surface area contributed by atoms with E-state index in [2.05, 4.69) is 60.5 Å². The lowest BCUT2D eigenvalue weighted by atomic mass is 10.0. The molecule has 3 rings (SSSR count). The average Bonchev–Trinajstić information content (AvgIpc) is 2.74. The molecule has 1 unspecified atom stereocenters. The van der Waals surface area contributed by atoms with Crippen molar-refractivity contribution < 1.29 is 0 Å². The summed E-state index contributed by atoms with van der Waals surface area (Å²) in [5, 5.41) is 3.51. The van der Waals surface area contributed by atoms with Gasteiger partial charge in [-0.05, 0) is 44.5 Å². The zero-order valence-electron chi connectivity index (χ0n) is 12.9. The quantitative estimate of drug-likeness (QED) is 0.928. The molecule has 0 bridgehead atoms. The van der Waals surface area contributed by atoms with Gasteiger partial charge in [-0.1, -0.05) is 29.8 Å². The molecule has 1 aromatic heterocycles. The third-order valence-electron chi connectivity index (χ3n) is 4.16. The normalized spacial score (nSPS) is 18.4. The molecule has 1 N–H and O–H groups in total. The maximum atomic E-state index is 3.51. The van der Waals surface area contributed by atoms with E-state index in [1.807, 2.05) is 11.3 Å². The minimum atomic E-state index is 0.407. The van der Waals surface area contributed by atoms with Crippen LogP contribution in [0.15, 0.2) is 36.4 Å². The van der Waals surface area contributed by atoms with Gasteiger partial charge in [-0.2, -0.15) is 0 Å². The molecule has 0 spiro atoms. The molecule has 3 heteroatoms. The van der Waals surface area contributed by atoms with Gasteiger partial charge in [0.2, 0.25) is 0 Å². The van der Waals surface area contributed by atoms with Crippen LogP contribution in [0.4, 0.5) is 0 Å². The minimum absolute atomic E-state index is 0.407. The van der Waals surface area contributed by atoms with Gasteiger partial charge in [0.1, 0.15) is 0 Å². The molecule has 1 aromatic carbocycles. The predicted molar refractivity (Wildman–Crippen MR) is 91.1 cm³/mol. The summed E-state index contributed by atoms with van der Waals surface area (Å²) in [5.41, 5.74) is 2.75. The van der Waals surface area contributed by atoms with Gasteiger partial charge in [-0.15, -0.1) is 11.3 Å². The molecular weight excluding hydrogens is 276 g/mol. The third kappa shape index (κ3) is 3.54. The van der Waals surface area contributed by atoms with Gasteiger partial charge >= 0.3 is 0 Å². The average molecular weight is 300 g/mol. The Hall–Kier alpha value is -1.16. The lowest BCUT2D eigenvalue weighted by Gasteiger charge is -2.30. The molecule has 0 amide bonds. The van der Waals surface area contributed by atoms with E-state index < -0.39 is 0 Å². The summed E-state index contributed by atoms with van der Waals surface area (Å²) in [4.78, 5) is 5.50. The summed E-state index contributed by atoms with van der Waals surface area (Å²) in [7, 11) is 0. The fourth-order valence-corrected chi connectivity index (χ4v) is 4.07. The molecule has 1 aliphatic heterocycles. The smallest absolute Gasteiger partial charge is 0.0696 e. The molecule has 0 radical (unpaired) electrons. The van der Waals surface area contributed by atoms with Crippen molar-refractivity contribution in [3.05, 3.63) is 57.3 Å². The van der Waals surface area contributed by atoms with Crippen LogP contribution in [-0.4, -0.2) is 31.1 Å². The third-order valence-corrected chi connectivity index (χ3v) is 5.22. The SMILES string of the molecule is Cc1ccc(C(c2ccc(C)s2)N2CCCNCC2)cc1. The van der Waals surface area contributed by atoms with E-state index in [1.54, 1.807) is 0 Å². The van der Waals surface area contributed by atoms with Crippen molar-refractivity contribution in [2.75, 3.05) is 26.2 Å². The minimum Gasteiger partial charge on any atom is -0.315 e. The molecule has 1 aliphatic rings. The molecule has 21 heavy (non-hydrogen) atoms. The van der Waals surface area contributed by atoms with Gasteiger partial charge in [0.15, 0.2) is 0 Å². The summed E-state index contributed by atoms with van der Waals surface area (Å²) in [6.45, 7) is 8.87. The topological polar surface area (TPSA) is 15.3 Å². The van der Waals surface area contributed by atoms with Crippen molar-refractivity contribution >= 4 is 11.3 Å². The Morgan fingerprint density at radius 1 is 1.00 bits per heavy atom. The second kappa shape index (κ2) is 6.73. The Labute approximate surface area is 131 Å². The Bertz CT molecular complexity index is 565. The monoisotopic (exact) mass is 300 g/mol. The summed E-state index contributed by atoms with van der Waals surface area (Å²) in [6, 6.07) is 14.0. The van der Waals surface area contributed by atoms with Gasteiger partial charge < -0.3 is 5.32 Å². The molecule has 0 aliphatic carbocycles. The number of thiophene rings is 1. The number of hydrogen-bond donors (Lipinski definition) is 1. The highest BCUT2D eigenvalue weighted by molar-refractivity contribution is 7.12. The first-order valence-corrected chi connectivity index (χ1v) is 8.63. The molecule has 2 heterocycles. The van der Waals surface area contributed by atoms with Crippen molar-refractivity contribution in [3.63, 3.8) is 0 Å². The van der Waals surface area contributed by atoms with E-state index in [0.717, 1.165) is 19.6 Å². The largest absolute Gasteiger partial charge is 0.315 e. The Kier molecular flexibility index (Phi) is 4.73. The zero-order chi connectivity index (χ0) is 14.7. The summed E-state index contributed by atoms with van der Waals surface area (Å²) >= 11 is 1.93. The van der Waals surface area contributed by atoms with Gasteiger partial charge in [0.05, 0.1) is 6.04 Å². The Morgan fingerprint density at radius 3 is 2.52 bits per heavy atom. The number of nitrogens with zero attached hydrogens (tertiary/aromatic N) is 1. The van der Waals surface area contributed by atoms with Crippen LogP contribution in [0, 0.1) is 13.8 Å². The summed E-state index contributed by atoms with van der Waals surface area (Å²) in [5.74, 6) is 0. The van der Waals surface area contributed by atoms with Gasteiger partial charge in [0, 0.05) is 29.4 Å². The van der Waals surface area contributed by atoms with E-state index in [4.69, 9.17) is 0 Å². The lowest BCUT2D eigenvalue weighted by molar-refractivity contribution is 0.244. The van der Waals surface area contributed by atoms with Crippen LogP contribution in [0.25, 0.3) is 0 Å². The van der Waals surface area contributed by atoms with Crippen LogP contribution in [0.2, 0.25) is 0 Å². The van der Waals surface area contributed by atoms with Crippen molar-refractivity contribution in [1.82, 2.24) is 10.2 Å². The van der Waals surface area contributed by atoms with Crippen LogP contribution in [0.5, 0.6) is 0 Å². The van der Waals surface area contributed by atoms with Crippen LogP contribution in [0.1, 0.15) is 33.3 Å². The maximum absolute atomic E-state index is 3.51. The van der Waals surface area contributed by atoms with Gasteiger partial charge in [-0.25, -0.2) is 0 Å². The molecule has 1 fully saturated rings. The van der Waals surface area contributed by atoms with E-state index in [0.29, 0.717) is 6.04 Å². The number of benzene rings is 1. The number of nitrogens with one attached hydrogen (secondary N) is 1. The second-order valence-corrected chi connectivity index (χ2v) is 7.22. The van der Waals surface area contributed by atoms with Crippen molar-refractivity contribution in [2.24, 2.45) is 0 Å². The highest BCUT2D eigenvalue weighted by Gasteiger charge is 2.24. The summed E-state index contributed by atoms with van der Waals surface area (Å²) in [6.07, 6.45) is 1.23. The number of aryl methyl sites for hydroxylation is 2. The molecule has 112 valence electrons. The first kappa shape index (κ1) is 14.8. The number of hydrogen-bond acceptors (Lipinski definition) is 3. The van der Waals surface area contributed by atoms with E-state index in [9.17, 15) is 0 Å².